The highest BCUT2D eigenvalue weighted by molar-refractivity contribution is 5.95. The zero-order valence-electron chi connectivity index (χ0n) is 13.6. The third-order valence-electron chi connectivity index (χ3n) is 3.86. The van der Waals surface area contributed by atoms with Crippen molar-refractivity contribution in [2.75, 3.05) is 0 Å². The van der Waals surface area contributed by atoms with E-state index < -0.39 is 21.2 Å². The number of rotatable bonds is 5. The van der Waals surface area contributed by atoms with Crippen molar-refractivity contribution >= 4 is 33.7 Å². The average molecular weight is 355 g/mol. The highest BCUT2D eigenvalue weighted by Crippen LogP contribution is 2.40. The Balaban J connectivity index is 2.12. The Bertz CT molecular complexity index is 1060. The summed E-state index contributed by atoms with van der Waals surface area (Å²) in [6.45, 7) is 2.35. The fraction of sp³-hybridized carbons (Fsp3) is 0.125. The first-order valence-corrected chi connectivity index (χ1v) is 7.58. The number of benzene rings is 2. The van der Waals surface area contributed by atoms with Crippen LogP contribution in [0.15, 0.2) is 52.7 Å². The zero-order chi connectivity index (χ0) is 18.8. The Morgan fingerprint density at radius 3 is 2.46 bits per heavy atom. The van der Waals surface area contributed by atoms with Crippen molar-refractivity contribution in [3.05, 3.63) is 62.7 Å². The molecule has 3 aromatic rings. The standard InChI is InChI=1S/C16H13N5O5/c1-2-19-13-6-4-3-5-11(13)15(16(19)22)18-17-12-8-7-10(20(23)24)9-14(12)21(25)26/h3-9,22H,2H2,1H3. The summed E-state index contributed by atoms with van der Waals surface area (Å²) in [5.74, 6) is -0.109. The van der Waals surface area contributed by atoms with Crippen molar-refractivity contribution in [1.29, 1.82) is 0 Å². The maximum Gasteiger partial charge on any atom is 0.303 e. The molecule has 132 valence electrons. The minimum atomic E-state index is -0.767. The lowest BCUT2D eigenvalue weighted by Crippen LogP contribution is -1.92. The first kappa shape index (κ1) is 17.0. The Morgan fingerprint density at radius 2 is 1.81 bits per heavy atom. The molecule has 10 nitrogen and oxygen atoms in total. The molecule has 0 bridgehead atoms. The van der Waals surface area contributed by atoms with Crippen LogP contribution in [0.1, 0.15) is 6.92 Å². The van der Waals surface area contributed by atoms with Crippen LogP contribution in [0.25, 0.3) is 10.9 Å². The monoisotopic (exact) mass is 355 g/mol. The summed E-state index contributed by atoms with van der Waals surface area (Å²) in [6.07, 6.45) is 0. The van der Waals surface area contributed by atoms with Crippen LogP contribution in [0.2, 0.25) is 0 Å². The van der Waals surface area contributed by atoms with Gasteiger partial charge in [-0.15, -0.1) is 10.2 Å². The number of fused-ring (bicyclic) bond motifs is 1. The predicted octanol–water partition coefficient (Wildman–Crippen LogP) is 4.60. The molecule has 0 aliphatic rings. The molecular weight excluding hydrogens is 342 g/mol. The van der Waals surface area contributed by atoms with E-state index in [1.807, 2.05) is 19.1 Å². The van der Waals surface area contributed by atoms with Gasteiger partial charge in [0, 0.05) is 18.0 Å². The molecule has 0 fully saturated rings. The molecule has 0 saturated carbocycles. The van der Waals surface area contributed by atoms with Gasteiger partial charge in [-0.2, -0.15) is 0 Å². The van der Waals surface area contributed by atoms with E-state index in [0.29, 0.717) is 11.9 Å². The van der Waals surface area contributed by atoms with Gasteiger partial charge in [0.05, 0.1) is 21.4 Å². The number of hydrogen-bond donors (Lipinski definition) is 1. The summed E-state index contributed by atoms with van der Waals surface area (Å²) in [5.41, 5.74) is -0.175. The van der Waals surface area contributed by atoms with Gasteiger partial charge in [0.15, 0.2) is 11.4 Å². The van der Waals surface area contributed by atoms with Gasteiger partial charge in [-0.1, -0.05) is 18.2 Å². The molecule has 1 aromatic heterocycles. The second-order valence-electron chi connectivity index (χ2n) is 5.32. The van der Waals surface area contributed by atoms with Gasteiger partial charge in [-0.05, 0) is 19.1 Å². The van der Waals surface area contributed by atoms with Gasteiger partial charge in [0.25, 0.3) is 5.69 Å². The minimum Gasteiger partial charge on any atom is -0.493 e. The molecule has 2 aromatic carbocycles. The van der Waals surface area contributed by atoms with Crippen LogP contribution >= 0.6 is 0 Å². The fourth-order valence-electron chi connectivity index (χ4n) is 2.65. The Hall–Kier alpha value is -3.82. The first-order valence-electron chi connectivity index (χ1n) is 7.58. The van der Waals surface area contributed by atoms with E-state index >= 15 is 0 Å². The quantitative estimate of drug-likeness (QED) is 0.405. The molecule has 0 atom stereocenters. The van der Waals surface area contributed by atoms with Crippen molar-refractivity contribution < 1.29 is 15.0 Å². The molecule has 1 N–H and O–H groups in total. The van der Waals surface area contributed by atoms with Crippen LogP contribution in [-0.4, -0.2) is 19.5 Å². The summed E-state index contributed by atoms with van der Waals surface area (Å²) in [7, 11) is 0. The number of azo groups is 1. The van der Waals surface area contributed by atoms with Crippen LogP contribution in [0.3, 0.4) is 0 Å². The molecule has 0 unspecified atom stereocenters. The van der Waals surface area contributed by atoms with Crippen molar-refractivity contribution in [2.24, 2.45) is 10.2 Å². The van der Waals surface area contributed by atoms with Crippen molar-refractivity contribution in [2.45, 2.75) is 13.5 Å². The number of aromatic nitrogens is 1. The Morgan fingerprint density at radius 1 is 1.08 bits per heavy atom. The molecule has 26 heavy (non-hydrogen) atoms. The van der Waals surface area contributed by atoms with Crippen LogP contribution in [0, 0.1) is 20.2 Å². The summed E-state index contributed by atoms with van der Waals surface area (Å²) in [5, 5.41) is 40.8. The van der Waals surface area contributed by atoms with Crippen molar-refractivity contribution in [3.63, 3.8) is 0 Å². The summed E-state index contributed by atoms with van der Waals surface area (Å²) in [4.78, 5) is 20.5. The fourth-order valence-corrected chi connectivity index (χ4v) is 2.65. The van der Waals surface area contributed by atoms with Crippen molar-refractivity contribution in [3.8, 4) is 5.88 Å². The van der Waals surface area contributed by atoms with Gasteiger partial charge in [-0.3, -0.25) is 20.2 Å². The van der Waals surface area contributed by atoms with E-state index in [2.05, 4.69) is 10.2 Å². The van der Waals surface area contributed by atoms with Crippen LogP contribution in [0.4, 0.5) is 22.7 Å². The maximum absolute atomic E-state index is 11.2. The normalized spacial score (nSPS) is 11.3. The molecule has 3 rings (SSSR count). The molecule has 0 aliphatic carbocycles. The van der Waals surface area contributed by atoms with Gasteiger partial charge in [0.2, 0.25) is 5.88 Å². The number of aryl methyl sites for hydroxylation is 1. The number of nitrogens with zero attached hydrogens (tertiary/aromatic N) is 5. The maximum atomic E-state index is 11.2. The van der Waals surface area contributed by atoms with Gasteiger partial charge in [0.1, 0.15) is 0 Å². The molecule has 1 heterocycles. The number of hydrogen-bond acceptors (Lipinski definition) is 7. The van der Waals surface area contributed by atoms with E-state index in [9.17, 15) is 25.3 Å². The third kappa shape index (κ3) is 2.83. The third-order valence-corrected chi connectivity index (χ3v) is 3.86. The summed E-state index contributed by atoms with van der Waals surface area (Å²) in [6, 6.07) is 10.2. The lowest BCUT2D eigenvalue weighted by atomic mass is 10.2. The summed E-state index contributed by atoms with van der Waals surface area (Å²) >= 11 is 0. The highest BCUT2D eigenvalue weighted by atomic mass is 16.6. The molecule has 0 radical (unpaired) electrons. The number of nitro groups is 2. The number of aromatic hydroxyl groups is 1. The molecular formula is C16H13N5O5. The number of nitro benzene ring substituents is 2. The molecule has 0 saturated heterocycles. The van der Waals surface area contributed by atoms with E-state index in [0.717, 1.165) is 23.7 Å². The topological polar surface area (TPSA) is 136 Å². The molecule has 0 aliphatic heterocycles. The van der Waals surface area contributed by atoms with Crippen LogP contribution in [0.5, 0.6) is 5.88 Å². The van der Waals surface area contributed by atoms with E-state index in [1.165, 1.54) is 0 Å². The Labute approximate surface area is 146 Å². The second kappa shape index (κ2) is 6.59. The number of non-ortho nitro benzene ring substituents is 1. The molecule has 0 spiro atoms. The van der Waals surface area contributed by atoms with Gasteiger partial charge >= 0.3 is 5.69 Å². The molecule has 10 heteroatoms. The van der Waals surface area contributed by atoms with Gasteiger partial charge in [-0.25, -0.2) is 0 Å². The summed E-state index contributed by atoms with van der Waals surface area (Å²) < 4.78 is 1.63. The first-order chi connectivity index (χ1) is 12.4. The van der Waals surface area contributed by atoms with E-state index in [1.54, 1.807) is 16.7 Å². The largest absolute Gasteiger partial charge is 0.493 e. The molecule has 0 amide bonds. The SMILES string of the molecule is CCn1c(O)c(N=Nc2ccc([N+](=O)[O-])cc2[N+](=O)[O-])c2ccccc21. The van der Waals surface area contributed by atoms with Crippen LogP contribution < -0.4 is 0 Å². The van der Waals surface area contributed by atoms with Crippen molar-refractivity contribution in [1.82, 2.24) is 4.57 Å². The van der Waals surface area contributed by atoms with Gasteiger partial charge < -0.3 is 9.67 Å². The smallest absolute Gasteiger partial charge is 0.303 e. The Kier molecular flexibility index (Phi) is 4.31. The van der Waals surface area contributed by atoms with E-state index in [-0.39, 0.29) is 17.3 Å². The highest BCUT2D eigenvalue weighted by Gasteiger charge is 2.20. The zero-order valence-corrected chi connectivity index (χ0v) is 13.6. The average Bonchev–Trinajstić information content (AvgIpc) is 2.90. The van der Waals surface area contributed by atoms with Crippen LogP contribution in [-0.2, 0) is 6.54 Å². The second-order valence-corrected chi connectivity index (χ2v) is 5.32. The number of para-hydroxylation sites is 1. The lowest BCUT2D eigenvalue weighted by Gasteiger charge is -2.01. The lowest BCUT2D eigenvalue weighted by molar-refractivity contribution is -0.393. The predicted molar refractivity (Wildman–Crippen MR) is 93.2 cm³/mol. The van der Waals surface area contributed by atoms with E-state index in [4.69, 9.17) is 0 Å². The minimum absolute atomic E-state index is 0.109.